The van der Waals surface area contributed by atoms with E-state index in [1.807, 2.05) is 37.3 Å². The number of carbonyl (C=O) groups excluding carboxylic acids is 2. The highest BCUT2D eigenvalue weighted by Gasteiger charge is 2.17. The molecule has 0 atom stereocenters. The van der Waals surface area contributed by atoms with Gasteiger partial charge in [-0.1, -0.05) is 30.3 Å². The van der Waals surface area contributed by atoms with Crippen LogP contribution in [0.25, 0.3) is 0 Å². The van der Waals surface area contributed by atoms with Crippen LogP contribution in [0, 0.1) is 0 Å². The molecule has 0 fully saturated rings. The van der Waals surface area contributed by atoms with Crippen molar-refractivity contribution in [1.29, 1.82) is 0 Å². The molecule has 0 aliphatic carbocycles. The molecule has 6 nitrogen and oxygen atoms in total. The molecule has 138 valence electrons. The molecule has 6 heteroatoms. The Bertz CT molecular complexity index is 719. The van der Waals surface area contributed by atoms with Crippen LogP contribution in [0.1, 0.15) is 39.8 Å². The SMILES string of the molecule is CCN(Cc1ccccc1)C(=O)c1cc(C(=O)NCCCOC)ccn1. The summed E-state index contributed by atoms with van der Waals surface area (Å²) in [6.07, 6.45) is 2.23. The fourth-order valence-corrected chi connectivity index (χ4v) is 2.50. The van der Waals surface area contributed by atoms with Gasteiger partial charge in [-0.05, 0) is 31.0 Å². The van der Waals surface area contributed by atoms with Gasteiger partial charge in [-0.15, -0.1) is 0 Å². The second-order valence-corrected chi connectivity index (χ2v) is 5.84. The molecule has 2 aromatic rings. The van der Waals surface area contributed by atoms with Crippen LogP contribution in [0.4, 0.5) is 0 Å². The first-order chi connectivity index (χ1) is 12.7. The van der Waals surface area contributed by atoms with Crippen molar-refractivity contribution in [3.63, 3.8) is 0 Å². The fraction of sp³-hybridized carbons (Fsp3) is 0.350. The van der Waals surface area contributed by atoms with Crippen LogP contribution in [-0.2, 0) is 11.3 Å². The predicted molar refractivity (Wildman–Crippen MR) is 99.9 cm³/mol. The smallest absolute Gasteiger partial charge is 0.272 e. The van der Waals surface area contributed by atoms with Crippen molar-refractivity contribution in [3.05, 3.63) is 65.5 Å². The van der Waals surface area contributed by atoms with E-state index in [-0.39, 0.29) is 17.5 Å². The number of pyridine rings is 1. The maximum Gasteiger partial charge on any atom is 0.272 e. The molecule has 0 radical (unpaired) electrons. The fourth-order valence-electron chi connectivity index (χ4n) is 2.50. The summed E-state index contributed by atoms with van der Waals surface area (Å²) in [6.45, 7) is 4.10. The Morgan fingerprint density at radius 2 is 1.96 bits per heavy atom. The van der Waals surface area contributed by atoms with Gasteiger partial charge in [-0.3, -0.25) is 14.6 Å². The van der Waals surface area contributed by atoms with E-state index in [4.69, 9.17) is 4.74 Å². The molecule has 26 heavy (non-hydrogen) atoms. The van der Waals surface area contributed by atoms with E-state index in [1.165, 1.54) is 6.20 Å². The highest BCUT2D eigenvalue weighted by Crippen LogP contribution is 2.10. The van der Waals surface area contributed by atoms with Crippen molar-refractivity contribution in [2.75, 3.05) is 26.8 Å². The molecule has 2 rings (SSSR count). The lowest BCUT2D eigenvalue weighted by Crippen LogP contribution is -2.31. The highest BCUT2D eigenvalue weighted by molar-refractivity contribution is 5.98. The molecule has 0 saturated carbocycles. The van der Waals surface area contributed by atoms with Crippen LogP contribution >= 0.6 is 0 Å². The molecule has 0 saturated heterocycles. The summed E-state index contributed by atoms with van der Waals surface area (Å²) >= 11 is 0. The van der Waals surface area contributed by atoms with E-state index in [0.717, 1.165) is 12.0 Å². The molecule has 1 heterocycles. The Balaban J connectivity index is 2.04. The quantitative estimate of drug-likeness (QED) is 0.702. The number of benzene rings is 1. The van der Waals surface area contributed by atoms with Gasteiger partial charge in [0.25, 0.3) is 11.8 Å². The summed E-state index contributed by atoms with van der Waals surface area (Å²) in [5.74, 6) is -0.408. The lowest BCUT2D eigenvalue weighted by atomic mass is 10.1. The number of carbonyl (C=O) groups is 2. The number of hydrogen-bond acceptors (Lipinski definition) is 4. The summed E-state index contributed by atoms with van der Waals surface area (Å²) in [4.78, 5) is 30.8. The molecule has 1 N–H and O–H groups in total. The minimum atomic E-state index is -0.219. The number of nitrogens with zero attached hydrogens (tertiary/aromatic N) is 2. The van der Waals surface area contributed by atoms with Gasteiger partial charge < -0.3 is 15.0 Å². The van der Waals surface area contributed by atoms with Crippen molar-refractivity contribution < 1.29 is 14.3 Å². The van der Waals surface area contributed by atoms with Gasteiger partial charge >= 0.3 is 0 Å². The zero-order valence-corrected chi connectivity index (χ0v) is 15.3. The number of amides is 2. The number of nitrogens with one attached hydrogen (secondary N) is 1. The van der Waals surface area contributed by atoms with Crippen molar-refractivity contribution in [3.8, 4) is 0 Å². The number of hydrogen-bond donors (Lipinski definition) is 1. The van der Waals surface area contributed by atoms with E-state index < -0.39 is 0 Å². The van der Waals surface area contributed by atoms with E-state index >= 15 is 0 Å². The maximum atomic E-state index is 12.8. The third-order valence-electron chi connectivity index (χ3n) is 3.94. The number of aromatic nitrogens is 1. The zero-order chi connectivity index (χ0) is 18.8. The molecule has 1 aromatic heterocycles. The van der Waals surface area contributed by atoms with Gasteiger partial charge in [0, 0.05) is 45.1 Å². The Morgan fingerprint density at radius 3 is 2.65 bits per heavy atom. The standard InChI is InChI=1S/C20H25N3O3/c1-3-23(15-16-8-5-4-6-9-16)20(25)18-14-17(10-12-21-18)19(24)22-11-7-13-26-2/h4-6,8-10,12,14H,3,7,11,13,15H2,1-2H3,(H,22,24). The Kier molecular flexibility index (Phi) is 7.76. The van der Waals surface area contributed by atoms with Gasteiger partial charge in [-0.25, -0.2) is 0 Å². The van der Waals surface area contributed by atoms with Crippen LogP contribution in [0.5, 0.6) is 0 Å². The second kappa shape index (κ2) is 10.3. The average molecular weight is 355 g/mol. The number of ether oxygens (including phenoxy) is 1. The van der Waals surface area contributed by atoms with Gasteiger partial charge in [0.2, 0.25) is 0 Å². The largest absolute Gasteiger partial charge is 0.385 e. The molecule has 0 aliphatic heterocycles. The third-order valence-corrected chi connectivity index (χ3v) is 3.94. The van der Waals surface area contributed by atoms with Crippen molar-refractivity contribution in [2.24, 2.45) is 0 Å². The van der Waals surface area contributed by atoms with Crippen molar-refractivity contribution in [2.45, 2.75) is 19.9 Å². The first-order valence-corrected chi connectivity index (χ1v) is 8.72. The molecule has 0 bridgehead atoms. The highest BCUT2D eigenvalue weighted by atomic mass is 16.5. The summed E-state index contributed by atoms with van der Waals surface area (Å²) < 4.78 is 4.96. The van der Waals surface area contributed by atoms with Crippen LogP contribution < -0.4 is 5.32 Å². The summed E-state index contributed by atoms with van der Waals surface area (Å²) in [5.41, 5.74) is 1.75. The zero-order valence-electron chi connectivity index (χ0n) is 15.3. The molecule has 0 unspecified atom stereocenters. The molecular weight excluding hydrogens is 330 g/mol. The Hall–Kier alpha value is -2.73. The van der Waals surface area contributed by atoms with Crippen LogP contribution in [0.15, 0.2) is 48.7 Å². The first kappa shape index (κ1) is 19.6. The Morgan fingerprint density at radius 1 is 1.19 bits per heavy atom. The van der Waals surface area contributed by atoms with Crippen molar-refractivity contribution >= 4 is 11.8 Å². The summed E-state index contributed by atoms with van der Waals surface area (Å²) in [7, 11) is 1.62. The maximum absolute atomic E-state index is 12.8. The minimum Gasteiger partial charge on any atom is -0.385 e. The normalized spacial score (nSPS) is 10.4. The van der Waals surface area contributed by atoms with Gasteiger partial charge in [-0.2, -0.15) is 0 Å². The van der Waals surface area contributed by atoms with Gasteiger partial charge in [0.15, 0.2) is 0 Å². The van der Waals surface area contributed by atoms with E-state index in [1.54, 1.807) is 24.1 Å². The summed E-state index contributed by atoms with van der Waals surface area (Å²) in [6, 6.07) is 12.9. The lowest BCUT2D eigenvalue weighted by molar-refractivity contribution is 0.0746. The molecular formula is C20H25N3O3. The topological polar surface area (TPSA) is 71.5 Å². The van der Waals surface area contributed by atoms with E-state index in [2.05, 4.69) is 10.3 Å². The second-order valence-electron chi connectivity index (χ2n) is 5.84. The first-order valence-electron chi connectivity index (χ1n) is 8.72. The summed E-state index contributed by atoms with van der Waals surface area (Å²) in [5, 5.41) is 2.81. The third kappa shape index (κ3) is 5.67. The molecule has 1 aromatic carbocycles. The van der Waals surface area contributed by atoms with Crippen LogP contribution in [0.2, 0.25) is 0 Å². The van der Waals surface area contributed by atoms with E-state index in [9.17, 15) is 9.59 Å². The molecule has 0 aliphatic rings. The van der Waals surface area contributed by atoms with Crippen LogP contribution in [0.3, 0.4) is 0 Å². The van der Waals surface area contributed by atoms with Gasteiger partial charge in [0.1, 0.15) is 5.69 Å². The number of rotatable bonds is 9. The van der Waals surface area contributed by atoms with Crippen LogP contribution in [-0.4, -0.2) is 48.5 Å². The minimum absolute atomic E-state index is 0.189. The average Bonchev–Trinajstić information content (AvgIpc) is 2.69. The lowest BCUT2D eigenvalue weighted by Gasteiger charge is -2.20. The predicted octanol–water partition coefficient (Wildman–Crippen LogP) is 2.51. The van der Waals surface area contributed by atoms with Gasteiger partial charge in [0.05, 0.1) is 0 Å². The van der Waals surface area contributed by atoms with Crippen molar-refractivity contribution in [1.82, 2.24) is 15.2 Å². The van der Waals surface area contributed by atoms with E-state index in [0.29, 0.717) is 31.8 Å². The molecule has 2 amide bonds. The molecule has 0 spiro atoms. The Labute approximate surface area is 154 Å². The monoisotopic (exact) mass is 355 g/mol. The number of methoxy groups -OCH3 is 1.